The summed E-state index contributed by atoms with van der Waals surface area (Å²) in [6.07, 6.45) is 3.00. The van der Waals surface area contributed by atoms with E-state index >= 15 is 0 Å². The van der Waals surface area contributed by atoms with Gasteiger partial charge in [0.25, 0.3) is 0 Å². The number of nitrogens with zero attached hydrogens (tertiary/aromatic N) is 2. The number of carbonyl (C=O) groups is 2. The van der Waals surface area contributed by atoms with Crippen LogP contribution in [0.15, 0.2) is 54.6 Å². The molecule has 6 nitrogen and oxygen atoms in total. The van der Waals surface area contributed by atoms with Gasteiger partial charge >= 0.3 is 0 Å². The van der Waals surface area contributed by atoms with Gasteiger partial charge in [0.2, 0.25) is 11.8 Å². The Labute approximate surface area is 184 Å². The van der Waals surface area contributed by atoms with Crippen molar-refractivity contribution in [3.8, 4) is 0 Å². The summed E-state index contributed by atoms with van der Waals surface area (Å²) in [6, 6.07) is 14.7. The lowest BCUT2D eigenvalue weighted by atomic mass is 10.2. The highest BCUT2D eigenvalue weighted by atomic mass is 35.5. The van der Waals surface area contributed by atoms with Crippen molar-refractivity contribution in [2.45, 2.75) is 20.4 Å². The van der Waals surface area contributed by atoms with Gasteiger partial charge in [-0.15, -0.1) is 0 Å². The number of amides is 2. The highest BCUT2D eigenvalue weighted by Gasteiger charge is 2.12. The molecule has 0 fully saturated rings. The number of aryl methyl sites for hydroxylation is 1. The molecule has 2 amide bonds. The van der Waals surface area contributed by atoms with Crippen molar-refractivity contribution in [2.24, 2.45) is 0 Å². The maximum atomic E-state index is 12.3. The highest BCUT2D eigenvalue weighted by Crippen LogP contribution is 2.26. The minimum absolute atomic E-state index is 0.203. The molecule has 0 aliphatic rings. The van der Waals surface area contributed by atoms with Gasteiger partial charge in [0.15, 0.2) is 0 Å². The molecule has 0 saturated carbocycles. The second-order valence-corrected chi connectivity index (χ2v) is 7.40. The Kier molecular flexibility index (Phi) is 6.92. The standard InChI is InChI=1S/C22H20Cl2N4O2/c1-14-18(22(24)28(27-14)13-16-6-4-3-5-7-16)9-11-21(30)26-20-10-8-17(12-19(20)23)25-15(2)29/h3-12H,13H2,1-2H3,(H,25,29)(H,26,30)/b11-9+. The SMILES string of the molecule is CC(=O)Nc1ccc(NC(=O)/C=C/c2c(C)nn(Cc3ccccc3)c2Cl)c(Cl)c1. The predicted molar refractivity (Wildman–Crippen MR) is 121 cm³/mol. The van der Waals surface area contributed by atoms with Crippen molar-refractivity contribution >= 4 is 52.5 Å². The second-order valence-electron chi connectivity index (χ2n) is 6.63. The molecule has 0 atom stereocenters. The third-order valence-corrected chi connectivity index (χ3v) is 4.94. The van der Waals surface area contributed by atoms with E-state index in [1.807, 2.05) is 37.3 Å². The number of halogens is 2. The first kappa shape index (κ1) is 21.6. The summed E-state index contributed by atoms with van der Waals surface area (Å²) in [4.78, 5) is 23.4. The molecule has 0 aliphatic heterocycles. The molecule has 0 saturated heterocycles. The van der Waals surface area contributed by atoms with E-state index in [4.69, 9.17) is 23.2 Å². The fraction of sp³-hybridized carbons (Fsp3) is 0.136. The highest BCUT2D eigenvalue weighted by molar-refractivity contribution is 6.34. The van der Waals surface area contributed by atoms with Crippen LogP contribution in [0.1, 0.15) is 23.7 Å². The molecular weight excluding hydrogens is 423 g/mol. The molecule has 1 aromatic heterocycles. The fourth-order valence-electron chi connectivity index (χ4n) is 2.85. The molecule has 2 aromatic carbocycles. The Morgan fingerprint density at radius 3 is 2.50 bits per heavy atom. The molecule has 3 aromatic rings. The lowest BCUT2D eigenvalue weighted by molar-refractivity contribution is -0.114. The average molecular weight is 443 g/mol. The van der Waals surface area contributed by atoms with E-state index in [0.29, 0.717) is 33.7 Å². The predicted octanol–water partition coefficient (Wildman–Crippen LogP) is 5.16. The quantitative estimate of drug-likeness (QED) is 0.517. The number of rotatable bonds is 6. The van der Waals surface area contributed by atoms with Gasteiger partial charge in [-0.3, -0.25) is 9.59 Å². The molecule has 0 radical (unpaired) electrons. The third kappa shape index (κ3) is 5.49. The first-order valence-electron chi connectivity index (χ1n) is 9.16. The molecule has 30 heavy (non-hydrogen) atoms. The second kappa shape index (κ2) is 9.61. The van der Waals surface area contributed by atoms with Crippen molar-refractivity contribution in [2.75, 3.05) is 10.6 Å². The minimum atomic E-state index is -0.365. The Morgan fingerprint density at radius 1 is 1.10 bits per heavy atom. The van der Waals surface area contributed by atoms with E-state index in [-0.39, 0.29) is 11.8 Å². The van der Waals surface area contributed by atoms with Crippen LogP contribution in [0.4, 0.5) is 11.4 Å². The van der Waals surface area contributed by atoms with Gasteiger partial charge < -0.3 is 10.6 Å². The number of aromatic nitrogens is 2. The van der Waals surface area contributed by atoms with Crippen LogP contribution in [0.25, 0.3) is 6.08 Å². The third-order valence-electron chi connectivity index (χ3n) is 4.23. The van der Waals surface area contributed by atoms with Crippen LogP contribution in [0.5, 0.6) is 0 Å². The summed E-state index contributed by atoms with van der Waals surface area (Å²) in [5, 5.41) is 10.6. The van der Waals surface area contributed by atoms with Gasteiger partial charge in [-0.1, -0.05) is 53.5 Å². The fourth-order valence-corrected chi connectivity index (χ4v) is 3.37. The molecule has 1 heterocycles. The molecule has 0 unspecified atom stereocenters. The molecule has 154 valence electrons. The summed E-state index contributed by atoms with van der Waals surface area (Å²) in [6.45, 7) is 3.78. The smallest absolute Gasteiger partial charge is 0.248 e. The van der Waals surface area contributed by atoms with Crippen LogP contribution in [0.3, 0.4) is 0 Å². The number of nitrogens with one attached hydrogen (secondary N) is 2. The van der Waals surface area contributed by atoms with E-state index in [1.54, 1.807) is 29.0 Å². The van der Waals surface area contributed by atoms with Crippen molar-refractivity contribution in [3.05, 3.63) is 81.6 Å². The number of hydrogen-bond donors (Lipinski definition) is 2. The lowest BCUT2D eigenvalue weighted by Gasteiger charge is -2.08. The maximum absolute atomic E-state index is 12.3. The summed E-state index contributed by atoms with van der Waals surface area (Å²) < 4.78 is 1.70. The number of benzene rings is 2. The summed E-state index contributed by atoms with van der Waals surface area (Å²) >= 11 is 12.6. The first-order chi connectivity index (χ1) is 14.3. The van der Waals surface area contributed by atoms with E-state index in [2.05, 4.69) is 15.7 Å². The van der Waals surface area contributed by atoms with Gasteiger partial charge in [-0.05, 0) is 36.8 Å². The first-order valence-corrected chi connectivity index (χ1v) is 9.92. The van der Waals surface area contributed by atoms with Crippen molar-refractivity contribution in [1.82, 2.24) is 9.78 Å². The topological polar surface area (TPSA) is 76.0 Å². The summed E-state index contributed by atoms with van der Waals surface area (Å²) in [5.74, 6) is -0.568. The molecular formula is C22H20Cl2N4O2. The largest absolute Gasteiger partial charge is 0.326 e. The van der Waals surface area contributed by atoms with Crippen molar-refractivity contribution < 1.29 is 9.59 Å². The van der Waals surface area contributed by atoms with Gasteiger partial charge in [0.1, 0.15) is 5.15 Å². The number of carbonyl (C=O) groups excluding carboxylic acids is 2. The average Bonchev–Trinajstić information content (AvgIpc) is 2.95. The lowest BCUT2D eigenvalue weighted by Crippen LogP contribution is -2.09. The molecule has 0 spiro atoms. The zero-order chi connectivity index (χ0) is 21.7. The Balaban J connectivity index is 1.70. The molecule has 0 aliphatic carbocycles. The van der Waals surface area contributed by atoms with Crippen LogP contribution < -0.4 is 10.6 Å². The van der Waals surface area contributed by atoms with Crippen molar-refractivity contribution in [3.63, 3.8) is 0 Å². The minimum Gasteiger partial charge on any atom is -0.326 e. The number of anilines is 2. The van der Waals surface area contributed by atoms with E-state index in [9.17, 15) is 9.59 Å². The Bertz CT molecular complexity index is 1110. The summed E-state index contributed by atoms with van der Waals surface area (Å²) in [7, 11) is 0. The maximum Gasteiger partial charge on any atom is 0.248 e. The van der Waals surface area contributed by atoms with Crippen LogP contribution >= 0.6 is 23.2 Å². The molecule has 8 heteroatoms. The van der Waals surface area contributed by atoms with E-state index in [1.165, 1.54) is 13.0 Å². The molecule has 2 N–H and O–H groups in total. The zero-order valence-corrected chi connectivity index (χ0v) is 18.0. The van der Waals surface area contributed by atoms with E-state index in [0.717, 1.165) is 11.3 Å². The number of hydrogen-bond acceptors (Lipinski definition) is 3. The Hall–Kier alpha value is -3.09. The molecule has 3 rings (SSSR count). The molecule has 0 bridgehead atoms. The van der Waals surface area contributed by atoms with Crippen LogP contribution in [0, 0.1) is 6.92 Å². The van der Waals surface area contributed by atoms with Crippen molar-refractivity contribution in [1.29, 1.82) is 0 Å². The van der Waals surface area contributed by atoms with Crippen LogP contribution in [0.2, 0.25) is 10.2 Å². The zero-order valence-electron chi connectivity index (χ0n) is 16.4. The normalized spacial score (nSPS) is 10.9. The van der Waals surface area contributed by atoms with E-state index < -0.39 is 0 Å². The summed E-state index contributed by atoms with van der Waals surface area (Å²) in [5.41, 5.74) is 3.46. The Morgan fingerprint density at radius 2 is 1.83 bits per heavy atom. The van der Waals surface area contributed by atoms with Gasteiger partial charge in [-0.25, -0.2) is 4.68 Å². The van der Waals surface area contributed by atoms with Crippen LogP contribution in [-0.2, 0) is 16.1 Å². The monoisotopic (exact) mass is 442 g/mol. The van der Waals surface area contributed by atoms with Gasteiger partial charge in [0, 0.05) is 24.3 Å². The van der Waals surface area contributed by atoms with Gasteiger partial charge in [0.05, 0.1) is 22.9 Å². The van der Waals surface area contributed by atoms with Gasteiger partial charge in [-0.2, -0.15) is 5.10 Å². The van der Waals surface area contributed by atoms with Crippen LogP contribution in [-0.4, -0.2) is 21.6 Å².